The molecule has 11 aromatic rings. The first-order chi connectivity index (χ1) is 30.2. The van der Waals surface area contributed by atoms with E-state index in [0.717, 1.165) is 49.6 Å². The van der Waals surface area contributed by atoms with Gasteiger partial charge in [0.15, 0.2) is 5.82 Å². The Bertz CT molecular complexity index is 3280. The lowest BCUT2D eigenvalue weighted by Gasteiger charge is -2.12. The first-order valence-electron chi connectivity index (χ1n) is 20.6. The Balaban J connectivity index is 0.939. The van der Waals surface area contributed by atoms with Crippen LogP contribution in [-0.4, -0.2) is 9.97 Å². The molecule has 0 aliphatic heterocycles. The summed E-state index contributed by atoms with van der Waals surface area (Å²) in [5, 5.41) is 2.29. The molecule has 2 nitrogen and oxygen atoms in total. The van der Waals surface area contributed by atoms with Gasteiger partial charge in [-0.3, -0.25) is 0 Å². The van der Waals surface area contributed by atoms with Crippen LogP contribution in [0.2, 0.25) is 0 Å². The number of thiophene rings is 1. The topological polar surface area (TPSA) is 25.8 Å². The SMILES string of the molecule is c1ccc(-c2cc(-c3ccccc3)cc(-c3ccc(-c4cccc(-c5cccc(-c6nc(-c7cccc(-c8ccccc8)c7)c7c(n6)sc6ccccc67)c5)c4)cc3)c2)cc1. The van der Waals surface area contributed by atoms with Crippen molar-refractivity contribution < 1.29 is 0 Å². The van der Waals surface area contributed by atoms with Crippen LogP contribution >= 0.6 is 11.3 Å². The van der Waals surface area contributed by atoms with E-state index in [1.54, 1.807) is 11.3 Å². The molecule has 0 atom stereocenters. The molecule has 2 heterocycles. The largest absolute Gasteiger partial charge is 0.227 e. The van der Waals surface area contributed by atoms with E-state index in [-0.39, 0.29) is 0 Å². The van der Waals surface area contributed by atoms with E-state index < -0.39 is 0 Å². The highest BCUT2D eigenvalue weighted by Crippen LogP contribution is 2.41. The summed E-state index contributed by atoms with van der Waals surface area (Å²) in [4.78, 5) is 11.6. The molecule has 0 saturated carbocycles. The van der Waals surface area contributed by atoms with Crippen molar-refractivity contribution in [2.45, 2.75) is 0 Å². The van der Waals surface area contributed by atoms with Gasteiger partial charge in [0, 0.05) is 26.6 Å². The minimum absolute atomic E-state index is 0.722. The molecule has 0 amide bonds. The second-order valence-corrected chi connectivity index (χ2v) is 16.4. The minimum Gasteiger partial charge on any atom is -0.227 e. The molecule has 0 aliphatic rings. The molecule has 0 unspecified atom stereocenters. The number of fused-ring (bicyclic) bond motifs is 3. The van der Waals surface area contributed by atoms with Crippen molar-refractivity contribution in [3.63, 3.8) is 0 Å². The molecule has 0 radical (unpaired) electrons. The summed E-state index contributed by atoms with van der Waals surface area (Å²) < 4.78 is 1.21. The second kappa shape index (κ2) is 15.8. The zero-order valence-corrected chi connectivity index (χ0v) is 34.1. The van der Waals surface area contributed by atoms with Gasteiger partial charge in [-0.05, 0) is 109 Å². The van der Waals surface area contributed by atoms with Gasteiger partial charge in [-0.2, -0.15) is 0 Å². The van der Waals surface area contributed by atoms with Gasteiger partial charge in [-0.15, -0.1) is 11.3 Å². The minimum atomic E-state index is 0.722. The summed E-state index contributed by atoms with van der Waals surface area (Å²) >= 11 is 1.73. The van der Waals surface area contributed by atoms with E-state index in [1.165, 1.54) is 60.2 Å². The third kappa shape index (κ3) is 7.22. The standard InChI is InChI=1S/C58H38N2S/c1-4-15-39(16-5-1)45-22-13-25-48(34-45)56-55-53-27-10-11-28-54(53)61-58(55)60-57(59-56)49-26-14-24-47(35-49)46-23-12-21-44(33-46)42-29-31-43(32-30-42)52-37-50(40-17-6-2-7-18-40)36-51(38-52)41-19-8-3-9-20-41/h1-38H. The van der Waals surface area contributed by atoms with E-state index in [4.69, 9.17) is 9.97 Å². The van der Waals surface area contributed by atoms with Crippen molar-refractivity contribution >= 4 is 31.6 Å². The van der Waals surface area contributed by atoms with Crippen LogP contribution < -0.4 is 0 Å². The van der Waals surface area contributed by atoms with E-state index in [0.29, 0.717) is 0 Å². The van der Waals surface area contributed by atoms with Gasteiger partial charge in [-0.25, -0.2) is 9.97 Å². The zero-order valence-electron chi connectivity index (χ0n) is 33.2. The fraction of sp³-hybridized carbons (Fsp3) is 0. The molecule has 11 rings (SSSR count). The monoisotopic (exact) mass is 794 g/mol. The van der Waals surface area contributed by atoms with Gasteiger partial charge in [0.2, 0.25) is 0 Å². The molecule has 61 heavy (non-hydrogen) atoms. The number of hydrogen-bond donors (Lipinski definition) is 0. The van der Waals surface area contributed by atoms with Crippen LogP contribution in [0.3, 0.4) is 0 Å². The molecule has 286 valence electrons. The number of hydrogen-bond acceptors (Lipinski definition) is 3. The smallest absolute Gasteiger partial charge is 0.161 e. The Morgan fingerprint density at radius 3 is 1.18 bits per heavy atom. The van der Waals surface area contributed by atoms with Gasteiger partial charge in [-0.1, -0.05) is 188 Å². The van der Waals surface area contributed by atoms with Gasteiger partial charge in [0.25, 0.3) is 0 Å². The maximum atomic E-state index is 5.37. The number of benzene rings is 9. The molecule has 2 aromatic heterocycles. The predicted molar refractivity (Wildman–Crippen MR) is 258 cm³/mol. The Morgan fingerprint density at radius 1 is 0.262 bits per heavy atom. The average molecular weight is 795 g/mol. The first-order valence-corrected chi connectivity index (χ1v) is 21.4. The first kappa shape index (κ1) is 36.4. The maximum Gasteiger partial charge on any atom is 0.161 e. The lowest BCUT2D eigenvalue weighted by molar-refractivity contribution is 1.24. The fourth-order valence-corrected chi connectivity index (χ4v) is 9.47. The van der Waals surface area contributed by atoms with E-state index in [9.17, 15) is 0 Å². The van der Waals surface area contributed by atoms with Crippen molar-refractivity contribution in [1.82, 2.24) is 9.97 Å². The Hall–Kier alpha value is -7.72. The quantitative estimate of drug-likeness (QED) is 0.153. The van der Waals surface area contributed by atoms with Crippen LogP contribution in [-0.2, 0) is 0 Å². The maximum absolute atomic E-state index is 5.37. The average Bonchev–Trinajstić information content (AvgIpc) is 3.73. The third-order valence-corrected chi connectivity index (χ3v) is 12.6. The molecule has 0 spiro atoms. The molecular weight excluding hydrogens is 757 g/mol. The molecular formula is C58H38N2S. The summed E-state index contributed by atoms with van der Waals surface area (Å²) in [5.74, 6) is 0.722. The molecule has 0 fully saturated rings. The number of aromatic nitrogens is 2. The van der Waals surface area contributed by atoms with Crippen LogP contribution in [0, 0.1) is 0 Å². The summed E-state index contributed by atoms with van der Waals surface area (Å²) in [6.07, 6.45) is 0. The van der Waals surface area contributed by atoms with Crippen LogP contribution in [0.1, 0.15) is 0 Å². The Kier molecular flexibility index (Phi) is 9.42. The highest BCUT2D eigenvalue weighted by molar-refractivity contribution is 7.25. The van der Waals surface area contributed by atoms with Crippen molar-refractivity contribution in [2.75, 3.05) is 0 Å². The van der Waals surface area contributed by atoms with Gasteiger partial charge in [0.05, 0.1) is 5.69 Å². The van der Waals surface area contributed by atoms with Crippen LogP contribution in [0.15, 0.2) is 231 Å². The molecule has 0 bridgehead atoms. The summed E-state index contributed by atoms with van der Waals surface area (Å²) in [6, 6.07) is 82.4. The lowest BCUT2D eigenvalue weighted by Crippen LogP contribution is -1.94. The van der Waals surface area contributed by atoms with Crippen molar-refractivity contribution in [3.05, 3.63) is 231 Å². The Morgan fingerprint density at radius 2 is 0.623 bits per heavy atom. The van der Waals surface area contributed by atoms with Gasteiger partial charge >= 0.3 is 0 Å². The normalized spacial score (nSPS) is 11.3. The van der Waals surface area contributed by atoms with Gasteiger partial charge < -0.3 is 0 Å². The van der Waals surface area contributed by atoms with Crippen molar-refractivity contribution in [1.29, 1.82) is 0 Å². The highest BCUT2D eigenvalue weighted by Gasteiger charge is 2.18. The van der Waals surface area contributed by atoms with Crippen molar-refractivity contribution in [2.24, 2.45) is 0 Å². The van der Waals surface area contributed by atoms with E-state index >= 15 is 0 Å². The summed E-state index contributed by atoms with van der Waals surface area (Å²) in [6.45, 7) is 0. The zero-order chi connectivity index (χ0) is 40.5. The van der Waals surface area contributed by atoms with E-state index in [2.05, 4.69) is 231 Å². The van der Waals surface area contributed by atoms with Crippen molar-refractivity contribution in [3.8, 4) is 89.4 Å². The molecule has 9 aromatic carbocycles. The van der Waals surface area contributed by atoms with Gasteiger partial charge in [0.1, 0.15) is 4.83 Å². The molecule has 0 aliphatic carbocycles. The third-order valence-electron chi connectivity index (χ3n) is 11.5. The number of rotatable bonds is 8. The van der Waals surface area contributed by atoms with E-state index in [1.807, 2.05) is 0 Å². The highest BCUT2D eigenvalue weighted by atomic mass is 32.1. The Labute approximate surface area is 359 Å². The fourth-order valence-electron chi connectivity index (χ4n) is 8.40. The summed E-state index contributed by atoms with van der Waals surface area (Å²) in [7, 11) is 0. The predicted octanol–water partition coefficient (Wildman–Crippen LogP) is 16.2. The molecule has 0 saturated heterocycles. The van der Waals surface area contributed by atoms with Crippen LogP contribution in [0.25, 0.3) is 110 Å². The van der Waals surface area contributed by atoms with Crippen LogP contribution in [0.5, 0.6) is 0 Å². The molecule has 0 N–H and O–H groups in total. The number of nitrogens with zero attached hydrogens (tertiary/aromatic N) is 2. The van der Waals surface area contributed by atoms with Crippen LogP contribution in [0.4, 0.5) is 0 Å². The lowest BCUT2D eigenvalue weighted by atomic mass is 9.92. The summed E-state index contributed by atoms with van der Waals surface area (Å²) in [5.41, 5.74) is 17.2. The molecule has 3 heteroatoms. The second-order valence-electron chi connectivity index (χ2n) is 15.4.